The third-order valence-corrected chi connectivity index (χ3v) is 12.4. The fraction of sp³-hybridized carbons (Fsp3) is 0.261. The maximum atomic E-state index is 14.2. The van der Waals surface area contributed by atoms with E-state index in [0.717, 1.165) is 24.1 Å². The van der Waals surface area contributed by atoms with Gasteiger partial charge in [0, 0.05) is 18.2 Å². The highest BCUT2D eigenvalue weighted by Gasteiger charge is 2.42. The number of sulfonamides is 1. The summed E-state index contributed by atoms with van der Waals surface area (Å²) in [6.45, 7) is 1.16. The Kier molecular flexibility index (Phi) is 14.3. The molecule has 0 aliphatic carbocycles. The summed E-state index contributed by atoms with van der Waals surface area (Å²) in [6.07, 6.45) is -4.86. The smallest absolute Gasteiger partial charge is 0.417 e. The van der Waals surface area contributed by atoms with Crippen LogP contribution in [-0.4, -0.2) is 68.0 Å². The molecule has 0 spiro atoms. The number of ether oxygens (including phenoxy) is 1. The summed E-state index contributed by atoms with van der Waals surface area (Å²) < 4.78 is 76.2. The summed E-state index contributed by atoms with van der Waals surface area (Å²) in [5.41, 5.74) is -1.04. The number of carbonyl (C=O) groups excluding carboxylic acids is 3. The number of carboxylic acids is 1. The first-order chi connectivity index (χ1) is 30.0. The number of nitrogens with one attached hydrogen (secondary N) is 2. The second kappa shape index (κ2) is 19.7. The molecule has 6 rings (SSSR count). The molecule has 3 atom stereocenters. The monoisotopic (exact) mass is 887 g/mol. The molecule has 3 N–H and O–H groups in total. The number of nitrogens with zero attached hydrogens (tertiary/aromatic N) is 1. The van der Waals surface area contributed by atoms with Crippen molar-refractivity contribution in [1.82, 2.24) is 9.62 Å². The van der Waals surface area contributed by atoms with Crippen molar-refractivity contribution in [3.63, 3.8) is 0 Å². The lowest BCUT2D eigenvalue weighted by Crippen LogP contribution is -2.53. The molecule has 0 unspecified atom stereocenters. The van der Waals surface area contributed by atoms with E-state index in [1.54, 1.807) is 54.6 Å². The Morgan fingerprint density at radius 3 is 2.08 bits per heavy atom. The summed E-state index contributed by atoms with van der Waals surface area (Å²) in [7, 11) is -3.00. The topological polar surface area (TPSA) is 178 Å². The van der Waals surface area contributed by atoms with Gasteiger partial charge in [-0.2, -0.15) is 17.9 Å². The second-order valence-corrected chi connectivity index (χ2v) is 16.8. The van der Waals surface area contributed by atoms with Crippen LogP contribution in [0.2, 0.25) is 0 Å². The Morgan fingerprint density at radius 2 is 1.46 bits per heavy atom. The number of rotatable bonds is 15. The van der Waals surface area contributed by atoms with E-state index < -0.39 is 69.5 Å². The number of carbonyl (C=O) groups is 4. The van der Waals surface area contributed by atoms with Gasteiger partial charge in [-0.1, -0.05) is 84.9 Å². The van der Waals surface area contributed by atoms with Gasteiger partial charge >= 0.3 is 24.1 Å². The van der Waals surface area contributed by atoms with Crippen LogP contribution in [0.5, 0.6) is 5.75 Å². The van der Waals surface area contributed by atoms with Gasteiger partial charge in [0.05, 0.1) is 23.1 Å². The third kappa shape index (κ3) is 11.5. The van der Waals surface area contributed by atoms with Crippen LogP contribution in [0, 0.1) is 0 Å². The molecule has 0 radical (unpaired) electrons. The Morgan fingerprint density at radius 1 is 0.810 bits per heavy atom. The molecule has 1 aliphatic heterocycles. The van der Waals surface area contributed by atoms with Gasteiger partial charge in [-0.15, -0.1) is 0 Å². The predicted octanol–water partition coefficient (Wildman–Crippen LogP) is 8.16. The number of hydrogen-bond donors (Lipinski definition) is 3. The third-order valence-electron chi connectivity index (χ3n) is 10.8. The number of likely N-dealkylation sites (tertiary alicyclic amines) is 1. The molecule has 330 valence electrons. The van der Waals surface area contributed by atoms with Crippen LogP contribution >= 0.6 is 0 Å². The molecule has 17 heteroatoms. The van der Waals surface area contributed by atoms with Gasteiger partial charge < -0.3 is 15.2 Å². The minimum absolute atomic E-state index is 0.0469. The number of piperidine rings is 1. The van der Waals surface area contributed by atoms with Crippen LogP contribution in [0.4, 0.5) is 18.9 Å². The number of benzene rings is 5. The summed E-state index contributed by atoms with van der Waals surface area (Å²) in [6, 6.07) is 33.1. The Balaban J connectivity index is 1.12. The highest BCUT2D eigenvalue weighted by atomic mass is 32.2. The maximum absolute atomic E-state index is 14.2. The highest BCUT2D eigenvalue weighted by molar-refractivity contribution is 7.89. The standard InChI is InChI=1S/C46H44F3N3O10S/c1-45(26-24-40(53)54,51-63(58,59)36-22-20-35(60-2)21-23-36)44(57)62-61-41(55)29-52-27-25-33(28-39(52)32-12-7-4-8-13-32)30-16-18-34(19-17-30)50-43(56)42-37(31-10-5-3-6-11-31)14-9-15-38(42)46(47,48)49/h3-23,33,39,51H,24-29H2,1-2H3,(H,50,56)(H,53,54)/t33-,39-,45-/m0/s1. The lowest BCUT2D eigenvalue weighted by Gasteiger charge is -2.39. The molecule has 1 fully saturated rings. The summed E-state index contributed by atoms with van der Waals surface area (Å²) in [4.78, 5) is 62.9. The van der Waals surface area contributed by atoms with Gasteiger partial charge in [0.15, 0.2) is 0 Å². The molecule has 1 saturated heterocycles. The van der Waals surface area contributed by atoms with Crippen molar-refractivity contribution < 1.29 is 60.4 Å². The van der Waals surface area contributed by atoms with Gasteiger partial charge in [-0.25, -0.2) is 27.8 Å². The van der Waals surface area contributed by atoms with Crippen molar-refractivity contribution in [2.45, 2.75) is 61.2 Å². The number of carboxylic acid groups (broad SMARTS) is 1. The Hall–Kier alpha value is -6.56. The van der Waals surface area contributed by atoms with E-state index in [2.05, 4.69) is 10.0 Å². The van der Waals surface area contributed by atoms with Crippen LogP contribution in [0.15, 0.2) is 132 Å². The molecule has 1 aliphatic rings. The maximum Gasteiger partial charge on any atom is 0.417 e. The zero-order valence-electron chi connectivity index (χ0n) is 34.1. The van der Waals surface area contributed by atoms with E-state index >= 15 is 0 Å². The first kappa shape index (κ1) is 46.0. The normalized spacial score (nSPS) is 16.6. The zero-order chi connectivity index (χ0) is 45.4. The number of aliphatic carboxylic acids is 1. The van der Waals surface area contributed by atoms with E-state index in [1.165, 1.54) is 43.5 Å². The molecular formula is C46H44F3N3O10S. The fourth-order valence-electron chi connectivity index (χ4n) is 7.48. The van der Waals surface area contributed by atoms with E-state index in [-0.39, 0.29) is 29.0 Å². The van der Waals surface area contributed by atoms with Gasteiger partial charge in [0.25, 0.3) is 5.91 Å². The summed E-state index contributed by atoms with van der Waals surface area (Å²) in [5.74, 6) is -4.20. The minimum Gasteiger partial charge on any atom is -0.497 e. The molecule has 1 heterocycles. The van der Waals surface area contributed by atoms with E-state index in [1.807, 2.05) is 35.2 Å². The fourth-order valence-corrected chi connectivity index (χ4v) is 8.87. The summed E-state index contributed by atoms with van der Waals surface area (Å²) >= 11 is 0. The number of amides is 1. The van der Waals surface area contributed by atoms with Crippen molar-refractivity contribution in [1.29, 1.82) is 0 Å². The average molecular weight is 888 g/mol. The van der Waals surface area contributed by atoms with Crippen molar-refractivity contribution in [2.75, 3.05) is 25.5 Å². The van der Waals surface area contributed by atoms with Crippen LogP contribution < -0.4 is 14.8 Å². The number of hydrogen-bond acceptors (Lipinski definition) is 10. The van der Waals surface area contributed by atoms with Gasteiger partial charge in [0.1, 0.15) is 17.8 Å². The van der Waals surface area contributed by atoms with Crippen LogP contribution in [-0.2, 0) is 40.4 Å². The van der Waals surface area contributed by atoms with Crippen molar-refractivity contribution >= 4 is 39.5 Å². The van der Waals surface area contributed by atoms with Crippen LogP contribution in [0.25, 0.3) is 11.1 Å². The van der Waals surface area contributed by atoms with E-state index in [4.69, 9.17) is 14.5 Å². The van der Waals surface area contributed by atoms with Crippen molar-refractivity contribution in [2.24, 2.45) is 0 Å². The molecule has 1 amide bonds. The Labute approximate surface area is 361 Å². The van der Waals surface area contributed by atoms with Crippen LogP contribution in [0.3, 0.4) is 0 Å². The predicted molar refractivity (Wildman–Crippen MR) is 225 cm³/mol. The quantitative estimate of drug-likeness (QED) is 0.0683. The number of methoxy groups -OCH3 is 1. The van der Waals surface area contributed by atoms with E-state index in [9.17, 15) is 45.9 Å². The molecule has 0 bridgehead atoms. The van der Waals surface area contributed by atoms with E-state index in [0.29, 0.717) is 36.4 Å². The molecule has 0 aromatic heterocycles. The zero-order valence-corrected chi connectivity index (χ0v) is 34.9. The summed E-state index contributed by atoms with van der Waals surface area (Å²) in [5, 5.41) is 12.0. The van der Waals surface area contributed by atoms with Crippen molar-refractivity contribution in [3.05, 3.63) is 150 Å². The first-order valence-electron chi connectivity index (χ1n) is 19.7. The van der Waals surface area contributed by atoms with Gasteiger partial charge in [-0.3, -0.25) is 14.5 Å². The second-order valence-electron chi connectivity index (χ2n) is 15.1. The lowest BCUT2D eigenvalue weighted by atomic mass is 9.82. The molecule has 5 aromatic carbocycles. The molecule has 13 nitrogen and oxygen atoms in total. The SMILES string of the molecule is COc1ccc(S(=O)(=O)N[C@@](C)(CCC(=O)O)C(=O)OOC(=O)CN2CC[C@H](c3ccc(NC(=O)c4c(-c5ccccc5)cccc4C(F)(F)F)cc3)C[C@H]2c2ccccc2)cc1. The number of halogens is 3. The van der Waals surface area contributed by atoms with Crippen LogP contribution in [0.1, 0.15) is 71.6 Å². The van der Waals surface area contributed by atoms with Gasteiger partial charge in [0.2, 0.25) is 10.0 Å². The lowest BCUT2D eigenvalue weighted by molar-refractivity contribution is -0.264. The molecule has 0 saturated carbocycles. The first-order valence-corrected chi connectivity index (χ1v) is 21.2. The largest absolute Gasteiger partial charge is 0.497 e. The molecular weight excluding hydrogens is 844 g/mol. The van der Waals surface area contributed by atoms with Crippen molar-refractivity contribution in [3.8, 4) is 16.9 Å². The number of anilines is 1. The number of alkyl halides is 3. The molecule has 5 aromatic rings. The Bertz CT molecular complexity index is 2530. The highest BCUT2D eigenvalue weighted by Crippen LogP contribution is 2.40. The molecule has 63 heavy (non-hydrogen) atoms. The van der Waals surface area contributed by atoms with Gasteiger partial charge in [-0.05, 0) is 103 Å². The average Bonchev–Trinajstić information content (AvgIpc) is 3.27. The minimum atomic E-state index is -4.78.